The Morgan fingerprint density at radius 3 is 2.17 bits per heavy atom. The fourth-order valence-corrected chi connectivity index (χ4v) is 3.66. The van der Waals surface area contributed by atoms with E-state index < -0.39 is 11.6 Å². The van der Waals surface area contributed by atoms with Gasteiger partial charge in [-0.15, -0.1) is 0 Å². The van der Waals surface area contributed by atoms with Gasteiger partial charge < -0.3 is 5.32 Å². The van der Waals surface area contributed by atoms with Crippen molar-refractivity contribution in [3.63, 3.8) is 0 Å². The topological polar surface area (TPSA) is 86.8 Å². The molecule has 1 aliphatic carbocycles. The molecule has 0 spiro atoms. The fraction of sp³-hybridized carbons (Fsp3) is 0.765. The van der Waals surface area contributed by atoms with Gasteiger partial charge in [-0.1, -0.05) is 13.8 Å². The molecule has 132 valence electrons. The van der Waals surface area contributed by atoms with Gasteiger partial charge in [-0.05, 0) is 37.5 Å². The molecule has 2 aliphatic heterocycles. The van der Waals surface area contributed by atoms with Crippen LogP contribution in [0.4, 0.5) is 4.79 Å². The Hall–Kier alpha value is -1.92. The number of amides is 5. The van der Waals surface area contributed by atoms with Crippen molar-refractivity contribution in [2.45, 2.75) is 57.9 Å². The number of carbonyl (C=O) groups excluding carboxylic acids is 4. The molecule has 2 saturated heterocycles. The van der Waals surface area contributed by atoms with E-state index in [1.54, 1.807) is 0 Å². The molecule has 5 amide bonds. The van der Waals surface area contributed by atoms with Gasteiger partial charge in [0.15, 0.2) is 0 Å². The molecule has 1 saturated carbocycles. The lowest BCUT2D eigenvalue weighted by atomic mass is 9.85. The minimum Gasteiger partial charge on any atom is -0.323 e. The highest BCUT2D eigenvalue weighted by molar-refractivity contribution is 6.07. The van der Waals surface area contributed by atoms with Crippen molar-refractivity contribution in [2.75, 3.05) is 13.1 Å². The largest absolute Gasteiger partial charge is 0.325 e. The molecule has 1 N–H and O–H groups in total. The first-order valence-corrected chi connectivity index (χ1v) is 8.82. The highest BCUT2D eigenvalue weighted by atomic mass is 16.2. The summed E-state index contributed by atoms with van der Waals surface area (Å²) in [5, 5.41) is 2.93. The standard InChI is InChI=1S/C17H25N3O4/c1-11(2)7-8-17(12-3-4-12)15(23)20(16(24)18-17)10-9-19-13(21)5-6-14(19)22/h11-12H,3-10H2,1-2H3,(H,18,24). The number of nitrogens with zero attached hydrogens (tertiary/aromatic N) is 2. The van der Waals surface area contributed by atoms with Crippen LogP contribution in [-0.2, 0) is 14.4 Å². The molecule has 0 aromatic heterocycles. The zero-order valence-corrected chi connectivity index (χ0v) is 14.3. The van der Waals surface area contributed by atoms with Crippen molar-refractivity contribution >= 4 is 23.8 Å². The summed E-state index contributed by atoms with van der Waals surface area (Å²) < 4.78 is 0. The molecule has 2 heterocycles. The third-order valence-corrected chi connectivity index (χ3v) is 5.29. The number of imide groups is 2. The summed E-state index contributed by atoms with van der Waals surface area (Å²) in [5.74, 6) is 0.0438. The van der Waals surface area contributed by atoms with Crippen LogP contribution in [0.1, 0.15) is 52.4 Å². The van der Waals surface area contributed by atoms with E-state index in [4.69, 9.17) is 0 Å². The van der Waals surface area contributed by atoms with Gasteiger partial charge in [0.1, 0.15) is 5.54 Å². The molecule has 1 atom stereocenters. The zero-order chi connectivity index (χ0) is 17.5. The maximum atomic E-state index is 13.0. The Morgan fingerprint density at radius 1 is 1.04 bits per heavy atom. The first-order chi connectivity index (χ1) is 11.3. The number of rotatable bonds is 7. The lowest BCUT2D eigenvalue weighted by molar-refractivity contribution is -0.140. The summed E-state index contributed by atoms with van der Waals surface area (Å²) in [5.41, 5.74) is -0.777. The van der Waals surface area contributed by atoms with Crippen molar-refractivity contribution < 1.29 is 19.2 Å². The van der Waals surface area contributed by atoms with E-state index >= 15 is 0 Å². The van der Waals surface area contributed by atoms with Gasteiger partial charge >= 0.3 is 6.03 Å². The van der Waals surface area contributed by atoms with Gasteiger partial charge in [-0.2, -0.15) is 0 Å². The van der Waals surface area contributed by atoms with Crippen molar-refractivity contribution in [1.82, 2.24) is 15.1 Å². The summed E-state index contributed by atoms with van der Waals surface area (Å²) in [6, 6.07) is -0.394. The zero-order valence-electron chi connectivity index (χ0n) is 14.3. The Balaban J connectivity index is 1.68. The third kappa shape index (κ3) is 2.91. The quantitative estimate of drug-likeness (QED) is 0.561. The first kappa shape index (κ1) is 16.9. The van der Waals surface area contributed by atoms with Crippen LogP contribution in [-0.4, -0.2) is 52.2 Å². The second kappa shape index (κ2) is 6.18. The molecule has 7 nitrogen and oxygen atoms in total. The smallest absolute Gasteiger partial charge is 0.323 e. The number of hydrogen-bond donors (Lipinski definition) is 1. The summed E-state index contributed by atoms with van der Waals surface area (Å²) >= 11 is 0. The van der Waals surface area contributed by atoms with Crippen molar-refractivity contribution in [3.8, 4) is 0 Å². The summed E-state index contributed by atoms with van der Waals surface area (Å²) in [6.45, 7) is 4.38. The molecule has 3 fully saturated rings. The van der Waals surface area contributed by atoms with E-state index in [0.29, 0.717) is 12.3 Å². The predicted molar refractivity (Wildman–Crippen MR) is 85.7 cm³/mol. The van der Waals surface area contributed by atoms with Gasteiger partial charge in [0.05, 0.1) is 0 Å². The molecule has 7 heteroatoms. The van der Waals surface area contributed by atoms with Gasteiger partial charge in [-0.3, -0.25) is 24.2 Å². The first-order valence-electron chi connectivity index (χ1n) is 8.82. The van der Waals surface area contributed by atoms with Gasteiger partial charge in [-0.25, -0.2) is 4.79 Å². The van der Waals surface area contributed by atoms with Crippen LogP contribution >= 0.6 is 0 Å². The van der Waals surface area contributed by atoms with Crippen LogP contribution in [0.5, 0.6) is 0 Å². The molecule has 0 radical (unpaired) electrons. The Labute approximate surface area is 141 Å². The van der Waals surface area contributed by atoms with E-state index in [2.05, 4.69) is 19.2 Å². The maximum Gasteiger partial charge on any atom is 0.325 e. The van der Waals surface area contributed by atoms with Gasteiger partial charge in [0.25, 0.3) is 5.91 Å². The lowest BCUT2D eigenvalue weighted by Gasteiger charge is -2.27. The van der Waals surface area contributed by atoms with Gasteiger partial charge in [0, 0.05) is 25.9 Å². The Kier molecular flexibility index (Phi) is 4.36. The molecule has 3 rings (SSSR count). The van der Waals surface area contributed by atoms with Crippen LogP contribution in [0.2, 0.25) is 0 Å². The van der Waals surface area contributed by atoms with E-state index in [-0.39, 0.29) is 49.6 Å². The number of nitrogens with one attached hydrogen (secondary N) is 1. The molecule has 0 aromatic carbocycles. The van der Waals surface area contributed by atoms with Crippen LogP contribution in [0.3, 0.4) is 0 Å². The Morgan fingerprint density at radius 2 is 1.62 bits per heavy atom. The van der Waals surface area contributed by atoms with Crippen molar-refractivity contribution in [2.24, 2.45) is 11.8 Å². The number of likely N-dealkylation sites (tertiary alicyclic amines) is 1. The Bertz CT molecular complexity index is 568. The van der Waals surface area contributed by atoms with Crippen LogP contribution in [0.15, 0.2) is 0 Å². The van der Waals surface area contributed by atoms with Crippen molar-refractivity contribution in [1.29, 1.82) is 0 Å². The van der Waals surface area contributed by atoms with E-state index in [1.165, 1.54) is 4.90 Å². The van der Waals surface area contributed by atoms with E-state index in [9.17, 15) is 19.2 Å². The minimum atomic E-state index is -0.777. The monoisotopic (exact) mass is 335 g/mol. The normalized spacial score (nSPS) is 27.6. The summed E-state index contributed by atoms with van der Waals surface area (Å²) in [6.07, 6.45) is 3.89. The highest BCUT2D eigenvalue weighted by Crippen LogP contribution is 2.45. The number of hydrogen-bond acceptors (Lipinski definition) is 4. The molecule has 24 heavy (non-hydrogen) atoms. The summed E-state index contributed by atoms with van der Waals surface area (Å²) in [4.78, 5) is 51.0. The number of urea groups is 1. The summed E-state index contributed by atoms with van der Waals surface area (Å²) in [7, 11) is 0. The average Bonchev–Trinajstić information content (AvgIpc) is 3.28. The molecule has 0 aromatic rings. The SMILES string of the molecule is CC(C)CCC1(C2CC2)NC(=O)N(CCN2C(=O)CCC2=O)C1=O. The molecule has 0 bridgehead atoms. The molecule has 1 unspecified atom stereocenters. The average molecular weight is 335 g/mol. The van der Waals surface area contributed by atoms with Crippen LogP contribution < -0.4 is 5.32 Å². The van der Waals surface area contributed by atoms with Crippen LogP contribution in [0, 0.1) is 11.8 Å². The molecular formula is C17H25N3O4. The van der Waals surface area contributed by atoms with E-state index in [0.717, 1.165) is 24.2 Å². The predicted octanol–water partition coefficient (Wildman–Crippen LogP) is 1.27. The fourth-order valence-electron chi connectivity index (χ4n) is 3.66. The second-order valence-corrected chi connectivity index (χ2v) is 7.50. The number of carbonyl (C=O) groups is 4. The van der Waals surface area contributed by atoms with Gasteiger partial charge in [0.2, 0.25) is 11.8 Å². The lowest BCUT2D eigenvalue weighted by Crippen LogP contribution is -2.49. The van der Waals surface area contributed by atoms with E-state index in [1.807, 2.05) is 0 Å². The maximum absolute atomic E-state index is 13.0. The third-order valence-electron chi connectivity index (χ3n) is 5.29. The molecule has 3 aliphatic rings. The van der Waals surface area contributed by atoms with Crippen LogP contribution in [0.25, 0.3) is 0 Å². The second-order valence-electron chi connectivity index (χ2n) is 7.50. The van der Waals surface area contributed by atoms with Crippen molar-refractivity contribution in [3.05, 3.63) is 0 Å². The highest BCUT2D eigenvalue weighted by Gasteiger charge is 2.58. The minimum absolute atomic E-state index is 0.0816. The molecular weight excluding hydrogens is 310 g/mol.